The van der Waals surface area contributed by atoms with Crippen molar-refractivity contribution in [3.63, 3.8) is 0 Å². The smallest absolute Gasteiger partial charge is 0.359 e. The first kappa shape index (κ1) is 17.4. The van der Waals surface area contributed by atoms with Gasteiger partial charge in [-0.15, -0.1) is 0 Å². The molecule has 0 amide bonds. The Morgan fingerprint density at radius 2 is 1.64 bits per heavy atom. The van der Waals surface area contributed by atoms with E-state index in [1.807, 2.05) is 0 Å². The zero-order chi connectivity index (χ0) is 17.8. The molecule has 0 aromatic heterocycles. The summed E-state index contributed by atoms with van der Waals surface area (Å²) in [6, 6.07) is 4.12. The van der Waals surface area contributed by atoms with Crippen LogP contribution in [0.4, 0.5) is 18.9 Å². The van der Waals surface area contributed by atoms with Crippen molar-refractivity contribution in [2.24, 2.45) is 23.7 Å². The summed E-state index contributed by atoms with van der Waals surface area (Å²) in [5.41, 5.74) is -0.547. The van der Waals surface area contributed by atoms with E-state index in [0.29, 0.717) is 28.7 Å². The second-order valence-electron chi connectivity index (χ2n) is 7.75. The third-order valence-electron chi connectivity index (χ3n) is 6.05. The molecule has 25 heavy (non-hydrogen) atoms. The van der Waals surface area contributed by atoms with Crippen LogP contribution < -0.4 is 10.6 Å². The van der Waals surface area contributed by atoms with Crippen LogP contribution in [-0.4, -0.2) is 11.2 Å². The van der Waals surface area contributed by atoms with Gasteiger partial charge in [0.15, 0.2) is 5.11 Å². The third-order valence-corrected chi connectivity index (χ3v) is 6.60. The molecule has 0 unspecified atom stereocenters. The molecule has 0 atom stereocenters. The van der Waals surface area contributed by atoms with Gasteiger partial charge in [-0.1, -0.05) is 11.6 Å². The highest BCUT2D eigenvalue weighted by Crippen LogP contribution is 2.53. The van der Waals surface area contributed by atoms with Gasteiger partial charge in [-0.2, -0.15) is 13.2 Å². The maximum atomic E-state index is 13.0. The molecular formula is C18H20ClF3N2S. The second-order valence-corrected chi connectivity index (χ2v) is 8.56. The van der Waals surface area contributed by atoms with E-state index in [1.165, 1.54) is 44.2 Å². The summed E-state index contributed by atoms with van der Waals surface area (Å²) < 4.78 is 38.9. The molecule has 4 aliphatic carbocycles. The molecule has 4 aliphatic rings. The zero-order valence-corrected chi connectivity index (χ0v) is 15.1. The molecule has 0 heterocycles. The predicted octanol–water partition coefficient (Wildman–Crippen LogP) is 5.47. The minimum absolute atomic E-state index is 0.304. The molecule has 2 nitrogen and oxygen atoms in total. The van der Waals surface area contributed by atoms with Gasteiger partial charge in [0.2, 0.25) is 0 Å². The highest BCUT2D eigenvalue weighted by Gasteiger charge is 2.48. The highest BCUT2D eigenvalue weighted by atomic mass is 35.5. The van der Waals surface area contributed by atoms with Crippen LogP contribution in [0.3, 0.4) is 0 Å². The molecule has 0 aliphatic heterocycles. The summed E-state index contributed by atoms with van der Waals surface area (Å²) in [6.07, 6.45) is 1.93. The molecule has 1 aromatic carbocycles. The fourth-order valence-corrected chi connectivity index (χ4v) is 5.78. The van der Waals surface area contributed by atoms with Crippen molar-refractivity contribution in [3.05, 3.63) is 28.8 Å². The lowest BCUT2D eigenvalue weighted by molar-refractivity contribution is -0.137. The molecule has 4 saturated carbocycles. The van der Waals surface area contributed by atoms with Crippen LogP contribution in [0.1, 0.15) is 37.7 Å². The number of alkyl halides is 3. The Morgan fingerprint density at radius 3 is 2.20 bits per heavy atom. The molecule has 1 aromatic rings. The van der Waals surface area contributed by atoms with Gasteiger partial charge in [-0.05, 0) is 86.2 Å². The molecule has 4 bridgehead atoms. The minimum atomic E-state index is -4.48. The highest BCUT2D eigenvalue weighted by molar-refractivity contribution is 7.80. The first-order valence-electron chi connectivity index (χ1n) is 8.74. The van der Waals surface area contributed by atoms with E-state index in [4.69, 9.17) is 23.8 Å². The third kappa shape index (κ3) is 3.47. The van der Waals surface area contributed by atoms with Crippen LogP contribution in [0.15, 0.2) is 18.2 Å². The Morgan fingerprint density at radius 1 is 1.04 bits per heavy atom. The summed E-state index contributed by atoms with van der Waals surface area (Å²) in [5, 5.41) is 6.38. The van der Waals surface area contributed by atoms with E-state index >= 15 is 0 Å². The zero-order valence-electron chi connectivity index (χ0n) is 13.6. The number of benzene rings is 1. The molecular weight excluding hydrogens is 369 g/mol. The van der Waals surface area contributed by atoms with E-state index in [-0.39, 0.29) is 5.02 Å². The maximum Gasteiger partial charge on any atom is 0.417 e. The van der Waals surface area contributed by atoms with Crippen molar-refractivity contribution < 1.29 is 13.2 Å². The topological polar surface area (TPSA) is 24.1 Å². The fourth-order valence-electron chi connectivity index (χ4n) is 5.30. The molecule has 7 heteroatoms. The summed E-state index contributed by atoms with van der Waals surface area (Å²) in [4.78, 5) is 0. The summed E-state index contributed by atoms with van der Waals surface area (Å²) in [7, 11) is 0. The lowest BCUT2D eigenvalue weighted by Gasteiger charge is -2.54. The van der Waals surface area contributed by atoms with E-state index in [9.17, 15) is 13.2 Å². The lowest BCUT2D eigenvalue weighted by atomic mass is 9.54. The standard InChI is InChI=1S/C18H20ClF3N2S/c19-15-2-1-13(8-14(15)18(20,21)22)23-17(25)24-16-11-4-9-3-10(6-11)7-12(16)5-9/h1-2,8-12,16H,3-7H2,(H2,23,24,25). The van der Waals surface area contributed by atoms with Gasteiger partial charge in [0.1, 0.15) is 0 Å². The van der Waals surface area contributed by atoms with Crippen molar-refractivity contribution >= 4 is 34.6 Å². The minimum Gasteiger partial charge on any atom is -0.359 e. The molecule has 5 rings (SSSR count). The van der Waals surface area contributed by atoms with E-state index in [0.717, 1.165) is 17.9 Å². The SMILES string of the molecule is FC(F)(F)c1cc(NC(=S)NC2C3CC4CC(C3)CC2C4)ccc1Cl. The molecule has 0 spiro atoms. The summed E-state index contributed by atoms with van der Waals surface area (Å²) >= 11 is 11.0. The molecule has 0 radical (unpaired) electrons. The van der Waals surface area contributed by atoms with E-state index in [2.05, 4.69) is 10.6 Å². The van der Waals surface area contributed by atoms with Crippen molar-refractivity contribution in [1.82, 2.24) is 5.32 Å². The normalized spacial score (nSPS) is 33.4. The number of hydrogen-bond acceptors (Lipinski definition) is 1. The Bertz CT molecular complexity index is 663. The maximum absolute atomic E-state index is 13.0. The van der Waals surface area contributed by atoms with Crippen LogP contribution >= 0.6 is 23.8 Å². The lowest BCUT2D eigenvalue weighted by Crippen LogP contribution is -2.56. The molecule has 0 saturated heterocycles. The van der Waals surface area contributed by atoms with Crippen molar-refractivity contribution in [3.8, 4) is 0 Å². The van der Waals surface area contributed by atoms with Crippen LogP contribution in [0.5, 0.6) is 0 Å². The number of halogens is 4. The Balaban J connectivity index is 1.43. The molecule has 136 valence electrons. The number of thiocarbonyl (C=S) groups is 1. The number of hydrogen-bond donors (Lipinski definition) is 2. The number of nitrogens with one attached hydrogen (secondary N) is 2. The monoisotopic (exact) mass is 388 g/mol. The number of rotatable bonds is 2. The summed E-state index contributed by atoms with van der Waals surface area (Å²) in [5.74, 6) is 3.03. The van der Waals surface area contributed by atoms with Crippen molar-refractivity contribution in [1.29, 1.82) is 0 Å². The van der Waals surface area contributed by atoms with Crippen LogP contribution in [0.2, 0.25) is 5.02 Å². The fraction of sp³-hybridized carbons (Fsp3) is 0.611. The predicted molar refractivity (Wildman–Crippen MR) is 96.6 cm³/mol. The Kier molecular flexibility index (Phi) is 4.39. The van der Waals surface area contributed by atoms with Crippen LogP contribution in [-0.2, 0) is 6.18 Å². The number of anilines is 1. The van der Waals surface area contributed by atoms with Gasteiger partial charge in [-0.25, -0.2) is 0 Å². The quantitative estimate of drug-likeness (QED) is 0.657. The first-order chi connectivity index (χ1) is 11.8. The second kappa shape index (κ2) is 6.31. The van der Waals surface area contributed by atoms with Crippen LogP contribution in [0, 0.1) is 23.7 Å². The van der Waals surface area contributed by atoms with Crippen LogP contribution in [0.25, 0.3) is 0 Å². The van der Waals surface area contributed by atoms with Gasteiger partial charge in [0.25, 0.3) is 0 Å². The van der Waals surface area contributed by atoms with Gasteiger partial charge < -0.3 is 10.6 Å². The van der Waals surface area contributed by atoms with Gasteiger partial charge in [-0.3, -0.25) is 0 Å². The van der Waals surface area contributed by atoms with E-state index in [1.54, 1.807) is 0 Å². The molecule has 2 N–H and O–H groups in total. The Labute approximate surface area is 155 Å². The molecule has 4 fully saturated rings. The average molecular weight is 389 g/mol. The average Bonchev–Trinajstić information content (AvgIpc) is 2.51. The van der Waals surface area contributed by atoms with Gasteiger partial charge in [0.05, 0.1) is 10.6 Å². The van der Waals surface area contributed by atoms with Crippen molar-refractivity contribution in [2.45, 2.75) is 44.3 Å². The Hall–Kier alpha value is -1.01. The van der Waals surface area contributed by atoms with Gasteiger partial charge in [0, 0.05) is 11.7 Å². The largest absolute Gasteiger partial charge is 0.417 e. The first-order valence-corrected chi connectivity index (χ1v) is 9.52. The van der Waals surface area contributed by atoms with E-state index < -0.39 is 11.7 Å². The van der Waals surface area contributed by atoms with Gasteiger partial charge >= 0.3 is 6.18 Å². The summed E-state index contributed by atoms with van der Waals surface area (Å²) in [6.45, 7) is 0. The van der Waals surface area contributed by atoms with Crippen molar-refractivity contribution in [2.75, 3.05) is 5.32 Å².